The molecular weight excluding hydrogens is 1270 g/mol. The second-order valence-electron chi connectivity index (χ2n) is 22.4. The average Bonchev–Trinajstić information content (AvgIpc) is 1.80. The van der Waals surface area contributed by atoms with Gasteiger partial charge in [-0.3, -0.25) is 62.7 Å². The van der Waals surface area contributed by atoms with E-state index in [2.05, 4.69) is 67.8 Å². The molecule has 1 fully saturated rings. The Balaban J connectivity index is 1.43. The van der Waals surface area contributed by atoms with Crippen molar-refractivity contribution in [3.63, 3.8) is 0 Å². The number of primary amides is 1. The van der Waals surface area contributed by atoms with E-state index in [1.807, 2.05) is 0 Å². The molecule has 3 heterocycles. The molecule has 6 rings (SSSR count). The molecule has 34 heteroatoms. The van der Waals surface area contributed by atoms with E-state index < -0.39 is 138 Å². The van der Waals surface area contributed by atoms with Crippen LogP contribution in [0.15, 0.2) is 108 Å². The van der Waals surface area contributed by atoms with Gasteiger partial charge in [-0.15, -0.1) is 0 Å². The highest BCUT2D eigenvalue weighted by Gasteiger charge is 2.37. The van der Waals surface area contributed by atoms with Gasteiger partial charge < -0.3 is 96.3 Å². The molecule has 2 aromatic heterocycles. The number of aryl methyl sites for hydroxylation is 1. The number of benzene rings is 3. The van der Waals surface area contributed by atoms with Crippen LogP contribution in [0.2, 0.25) is 0 Å². The van der Waals surface area contributed by atoms with Crippen LogP contribution >= 0.6 is 21.6 Å². The van der Waals surface area contributed by atoms with E-state index in [4.69, 9.17) is 28.7 Å². The molecule has 3 aromatic carbocycles. The first-order valence-corrected chi connectivity index (χ1v) is 32.7. The standard InChI is InChI=1S/C61H81N19O13S2/c1-33(81)71-44(25-35-16-18-38(82)19-17-35)55(89)72-42(15-9-23-68-61(65)66)53(87)79-49-31-95-94-30-48(51(62)85)78-57(91)46(26-36-28-69-40-13-7-6-12-39(36)40)76-52(86)41(14-8-22-67-60(63)64)73-56(90)45(24-34-10-4-3-5-11-34)75-58(92)47(27-37-29-80(2)32-70-37)77-54(88)43(74-59(49)93)20-21-50(83)84/h3-7,10-13,16-19,28-29,32,41-49,69,82H,8-9,14-15,20-27,30-31H2,1-2H3,(H2,62,85)(H,71,81)(H,72,89)(H,73,90)(H,74,93)(H,75,92)(H,76,86)(H,77,88)(H,78,91)(H,79,87)(H,83,84)(H4,63,64,67)(H4,65,66,68)/t41-,42-,43-,44-,45+,46-,47-,48-,49-/m0/s1. The molecule has 0 radical (unpaired) electrons. The van der Waals surface area contributed by atoms with Gasteiger partial charge in [0, 0.05) is 94.0 Å². The van der Waals surface area contributed by atoms with Crippen molar-refractivity contribution in [3.8, 4) is 5.75 Å². The fourth-order valence-electron chi connectivity index (χ4n) is 9.97. The van der Waals surface area contributed by atoms with E-state index in [-0.39, 0.29) is 93.6 Å². The molecule has 0 saturated carbocycles. The minimum Gasteiger partial charge on any atom is -0.508 e. The lowest BCUT2D eigenvalue weighted by Crippen LogP contribution is -2.61. The van der Waals surface area contributed by atoms with Gasteiger partial charge in [-0.05, 0) is 67.0 Å². The Kier molecular flexibility index (Phi) is 28.5. The van der Waals surface area contributed by atoms with E-state index in [9.17, 15) is 63.0 Å². The number of nitrogens with zero attached hydrogens (tertiary/aromatic N) is 4. The molecule has 9 atom stereocenters. The average molecular weight is 1350 g/mol. The van der Waals surface area contributed by atoms with Crippen LogP contribution in [-0.4, -0.2) is 181 Å². The molecule has 0 spiro atoms. The van der Waals surface area contributed by atoms with Gasteiger partial charge in [0.15, 0.2) is 11.9 Å². The van der Waals surface area contributed by atoms with Crippen LogP contribution in [0.5, 0.6) is 5.75 Å². The van der Waals surface area contributed by atoms with Gasteiger partial charge in [0.25, 0.3) is 0 Å². The van der Waals surface area contributed by atoms with E-state index in [0.717, 1.165) is 21.6 Å². The summed E-state index contributed by atoms with van der Waals surface area (Å²) in [5.74, 6) is -11.9. The molecule has 1 aliphatic heterocycles. The minimum atomic E-state index is -1.77. The van der Waals surface area contributed by atoms with Crippen LogP contribution in [0.25, 0.3) is 10.9 Å². The summed E-state index contributed by atoms with van der Waals surface area (Å²) < 4.78 is 1.57. The first-order valence-electron chi connectivity index (χ1n) is 30.2. The topological polar surface area (TPSA) is 525 Å². The Hall–Kier alpha value is -10.4. The highest BCUT2D eigenvalue weighted by molar-refractivity contribution is 8.76. The number of imidazole rings is 1. The van der Waals surface area contributed by atoms with E-state index >= 15 is 0 Å². The SMILES string of the molecule is CC(=O)N[C@@H](Cc1ccc(O)cc1)C(=O)N[C@@H](CCCN=C(N)N)C(=O)N[C@H]1CSSC[C@@H](C(N)=O)NC(=O)[C@H](Cc2c[nH]c3ccccc23)NC(=O)[C@H](CCCN=C(N)N)NC(=O)[C@@H](Cc2ccccc2)NC(=O)[C@H](Cc2cn(C)cn2)NC(=O)[C@H](CCC(=O)O)NC1=O. The summed E-state index contributed by atoms with van der Waals surface area (Å²) in [6.45, 7) is 1.15. The number of fused-ring (bicyclic) bond motifs is 1. The number of nitrogens with two attached hydrogens (primary N) is 5. The number of para-hydroxylation sites is 1. The van der Waals surface area contributed by atoms with Crippen molar-refractivity contribution in [2.75, 3.05) is 24.6 Å². The van der Waals surface area contributed by atoms with Crippen molar-refractivity contribution < 1.29 is 63.0 Å². The second-order valence-corrected chi connectivity index (χ2v) is 25.0. The molecule has 10 amide bonds. The number of rotatable bonds is 25. The van der Waals surface area contributed by atoms with Crippen LogP contribution in [0.1, 0.15) is 67.8 Å². The molecule has 22 N–H and O–H groups in total. The largest absolute Gasteiger partial charge is 0.508 e. The maximum Gasteiger partial charge on any atom is 0.303 e. The lowest BCUT2D eigenvalue weighted by molar-refractivity contribution is -0.138. The van der Waals surface area contributed by atoms with Crippen molar-refractivity contribution in [2.24, 2.45) is 45.7 Å². The van der Waals surface area contributed by atoms with E-state index in [1.165, 1.54) is 37.5 Å². The maximum absolute atomic E-state index is 14.9. The number of aromatic amines is 1. The molecule has 510 valence electrons. The Labute approximate surface area is 553 Å². The predicted octanol–water partition coefficient (Wildman–Crippen LogP) is -2.89. The minimum absolute atomic E-state index is 0.00316. The van der Waals surface area contributed by atoms with Crippen molar-refractivity contribution in [3.05, 3.63) is 120 Å². The number of carbonyl (C=O) groups excluding carboxylic acids is 10. The molecule has 1 aliphatic rings. The highest BCUT2D eigenvalue weighted by atomic mass is 33.1. The zero-order valence-corrected chi connectivity index (χ0v) is 53.8. The fraction of sp³-hybridized carbons (Fsp3) is 0.410. The lowest BCUT2D eigenvalue weighted by atomic mass is 10.0. The van der Waals surface area contributed by atoms with E-state index in [1.54, 1.807) is 78.6 Å². The number of aromatic hydroxyl groups is 1. The normalized spacial score (nSPS) is 20.1. The molecule has 5 aromatic rings. The van der Waals surface area contributed by atoms with Crippen LogP contribution in [-0.2, 0) is 85.5 Å². The zero-order valence-electron chi connectivity index (χ0n) is 52.2. The Morgan fingerprint density at radius 1 is 0.642 bits per heavy atom. The number of aromatic nitrogens is 3. The third-order valence-electron chi connectivity index (χ3n) is 14.8. The lowest BCUT2D eigenvalue weighted by Gasteiger charge is -2.28. The summed E-state index contributed by atoms with van der Waals surface area (Å²) >= 11 is 0. The zero-order chi connectivity index (χ0) is 69.1. The number of hydrogen-bond acceptors (Lipinski definition) is 17. The number of nitrogens with one attached hydrogen (secondary N) is 10. The van der Waals surface area contributed by atoms with Gasteiger partial charge in [-0.2, -0.15) is 0 Å². The number of phenols is 1. The van der Waals surface area contributed by atoms with Crippen LogP contribution < -0.4 is 76.5 Å². The molecule has 0 aliphatic carbocycles. The number of phenolic OH excluding ortho intramolecular Hbond substituents is 1. The van der Waals surface area contributed by atoms with Crippen molar-refractivity contribution in [1.82, 2.24) is 62.4 Å². The first-order chi connectivity index (χ1) is 45.3. The number of hydrogen-bond donors (Lipinski definition) is 17. The predicted molar refractivity (Wildman–Crippen MR) is 355 cm³/mol. The van der Waals surface area contributed by atoms with Crippen LogP contribution in [0.4, 0.5) is 0 Å². The number of guanidine groups is 2. The molecule has 0 bridgehead atoms. The van der Waals surface area contributed by atoms with Gasteiger partial charge in [0.2, 0.25) is 59.1 Å². The molecule has 0 unspecified atom stereocenters. The fourth-order valence-corrected chi connectivity index (χ4v) is 12.3. The smallest absolute Gasteiger partial charge is 0.303 e. The van der Waals surface area contributed by atoms with Gasteiger partial charge in [-0.1, -0.05) is 82.3 Å². The van der Waals surface area contributed by atoms with Crippen molar-refractivity contribution in [2.45, 2.75) is 126 Å². The number of aliphatic imine (C=N–C) groups is 2. The third-order valence-corrected chi connectivity index (χ3v) is 17.2. The quantitative estimate of drug-likeness (QED) is 0.0121. The highest BCUT2D eigenvalue weighted by Crippen LogP contribution is 2.25. The summed E-state index contributed by atoms with van der Waals surface area (Å²) in [5, 5.41) is 44.4. The monoisotopic (exact) mass is 1350 g/mol. The van der Waals surface area contributed by atoms with Crippen molar-refractivity contribution in [1.29, 1.82) is 0 Å². The van der Waals surface area contributed by atoms with Gasteiger partial charge in [0.05, 0.1) is 12.0 Å². The van der Waals surface area contributed by atoms with Crippen LogP contribution in [0, 0.1) is 0 Å². The summed E-state index contributed by atoms with van der Waals surface area (Å²) in [4.78, 5) is 171. The Morgan fingerprint density at radius 2 is 1.21 bits per heavy atom. The number of carboxylic acid groups (broad SMARTS) is 1. The van der Waals surface area contributed by atoms with Crippen molar-refractivity contribution >= 4 is 109 Å². The van der Waals surface area contributed by atoms with Gasteiger partial charge in [-0.25, -0.2) is 4.98 Å². The Morgan fingerprint density at radius 3 is 1.83 bits per heavy atom. The summed E-state index contributed by atoms with van der Waals surface area (Å²) in [6, 6.07) is 7.70. The summed E-state index contributed by atoms with van der Waals surface area (Å²) in [5.41, 5.74) is 30.9. The van der Waals surface area contributed by atoms with Gasteiger partial charge >= 0.3 is 5.97 Å². The molecule has 95 heavy (non-hydrogen) atoms. The number of carbonyl (C=O) groups is 11. The van der Waals surface area contributed by atoms with E-state index in [0.29, 0.717) is 27.6 Å². The number of aliphatic carboxylic acids is 1. The van der Waals surface area contributed by atoms with Gasteiger partial charge in [0.1, 0.15) is 60.1 Å². The number of H-pyrrole nitrogens is 1. The Bertz CT molecular complexity index is 3560. The first kappa shape index (κ1) is 73.7. The molecule has 1 saturated heterocycles. The third kappa shape index (κ3) is 24.6. The second kappa shape index (κ2) is 36.8. The van der Waals surface area contributed by atoms with Crippen LogP contribution in [0.3, 0.4) is 0 Å². The summed E-state index contributed by atoms with van der Waals surface area (Å²) in [6.07, 6.45) is 2.40. The maximum atomic E-state index is 14.9. The molecular formula is C61H81N19O13S2. The summed E-state index contributed by atoms with van der Waals surface area (Å²) in [7, 11) is 3.44. The molecule has 32 nitrogen and oxygen atoms in total. The number of amides is 10. The number of carboxylic acids is 1.